The van der Waals surface area contributed by atoms with Crippen molar-refractivity contribution in [3.63, 3.8) is 0 Å². The van der Waals surface area contributed by atoms with Gasteiger partial charge in [-0.15, -0.1) is 0 Å². The Morgan fingerprint density at radius 3 is 2.21 bits per heavy atom. The molecule has 1 heterocycles. The summed E-state index contributed by atoms with van der Waals surface area (Å²) in [5.74, 6) is 3.86. The molecule has 1 saturated heterocycles. The Kier molecular flexibility index (Phi) is 3.06. The number of carbonyl (C=O) groups is 1. The lowest BCUT2D eigenvalue weighted by Crippen LogP contribution is -2.59. The summed E-state index contributed by atoms with van der Waals surface area (Å²) < 4.78 is 0. The molecule has 4 aliphatic carbocycles. The molecule has 4 saturated carbocycles. The van der Waals surface area contributed by atoms with Gasteiger partial charge in [-0.05, 0) is 75.2 Å². The van der Waals surface area contributed by atoms with Crippen molar-refractivity contribution >= 4 is 5.91 Å². The van der Waals surface area contributed by atoms with Crippen LogP contribution in [0.1, 0.15) is 51.4 Å². The first-order valence-corrected chi connectivity index (χ1v) is 8.33. The molecule has 3 heteroatoms. The second-order valence-electron chi connectivity index (χ2n) is 7.47. The van der Waals surface area contributed by atoms with E-state index < -0.39 is 0 Å². The van der Waals surface area contributed by atoms with Gasteiger partial charge >= 0.3 is 0 Å². The van der Waals surface area contributed by atoms with Crippen LogP contribution in [0.5, 0.6) is 0 Å². The number of rotatable bonds is 2. The number of hydrogen-bond acceptors (Lipinski definition) is 2. The molecule has 19 heavy (non-hydrogen) atoms. The molecule has 0 unspecified atom stereocenters. The second-order valence-corrected chi connectivity index (χ2v) is 7.47. The van der Waals surface area contributed by atoms with Crippen molar-refractivity contribution < 1.29 is 4.79 Å². The van der Waals surface area contributed by atoms with E-state index in [2.05, 4.69) is 10.6 Å². The van der Waals surface area contributed by atoms with Gasteiger partial charge in [0.1, 0.15) is 0 Å². The van der Waals surface area contributed by atoms with Gasteiger partial charge in [-0.3, -0.25) is 4.79 Å². The Labute approximate surface area is 115 Å². The van der Waals surface area contributed by atoms with Crippen molar-refractivity contribution in [2.24, 2.45) is 23.7 Å². The van der Waals surface area contributed by atoms with E-state index in [9.17, 15) is 4.79 Å². The summed E-state index contributed by atoms with van der Waals surface area (Å²) >= 11 is 0. The quantitative estimate of drug-likeness (QED) is 0.800. The zero-order valence-corrected chi connectivity index (χ0v) is 11.7. The maximum absolute atomic E-state index is 12.4. The zero-order chi connectivity index (χ0) is 12.8. The van der Waals surface area contributed by atoms with E-state index in [1.165, 1.54) is 44.9 Å². The van der Waals surface area contributed by atoms with E-state index in [1.807, 2.05) is 0 Å². The SMILES string of the molecule is O=C(NC1C2CC3CC(C2)CC1C3)[C@H]1CCCCN1. The van der Waals surface area contributed by atoms with E-state index in [0.29, 0.717) is 6.04 Å². The van der Waals surface area contributed by atoms with Crippen LogP contribution >= 0.6 is 0 Å². The van der Waals surface area contributed by atoms with Gasteiger partial charge in [-0.1, -0.05) is 6.42 Å². The minimum Gasteiger partial charge on any atom is -0.351 e. The lowest BCUT2D eigenvalue weighted by Gasteiger charge is -2.54. The number of nitrogens with one attached hydrogen (secondary N) is 2. The van der Waals surface area contributed by atoms with Crippen LogP contribution in [-0.2, 0) is 4.79 Å². The van der Waals surface area contributed by atoms with Crippen molar-refractivity contribution in [1.82, 2.24) is 10.6 Å². The van der Waals surface area contributed by atoms with Crippen LogP contribution in [0.2, 0.25) is 0 Å². The molecule has 1 aliphatic heterocycles. The lowest BCUT2D eigenvalue weighted by molar-refractivity contribution is -0.127. The van der Waals surface area contributed by atoms with Crippen LogP contribution < -0.4 is 10.6 Å². The summed E-state index contributed by atoms with van der Waals surface area (Å²) in [6.45, 7) is 1.01. The normalized spacial score (nSPS) is 48.2. The van der Waals surface area contributed by atoms with Gasteiger partial charge in [0, 0.05) is 6.04 Å². The molecule has 1 amide bonds. The predicted molar refractivity (Wildman–Crippen MR) is 74.6 cm³/mol. The molecule has 0 spiro atoms. The highest BCUT2D eigenvalue weighted by Crippen LogP contribution is 2.53. The van der Waals surface area contributed by atoms with Crippen molar-refractivity contribution in [2.75, 3.05) is 6.54 Å². The standard InChI is InChI=1S/C16H26N2O/c19-16(14-3-1-2-4-17-14)18-15-12-6-10-5-11(8-12)9-13(15)7-10/h10-15,17H,1-9H2,(H,18,19)/t10?,11?,12?,13?,14-,15?/m1/s1. The van der Waals surface area contributed by atoms with Crippen LogP contribution in [0.25, 0.3) is 0 Å². The first-order chi connectivity index (χ1) is 9.29. The molecule has 5 aliphatic rings. The summed E-state index contributed by atoms with van der Waals surface area (Å²) in [6, 6.07) is 0.593. The maximum atomic E-state index is 12.4. The molecule has 106 valence electrons. The van der Waals surface area contributed by atoms with Crippen LogP contribution in [-0.4, -0.2) is 24.5 Å². The summed E-state index contributed by atoms with van der Waals surface area (Å²) in [6.07, 6.45) is 10.5. The molecule has 0 aromatic heterocycles. The van der Waals surface area contributed by atoms with Crippen LogP contribution in [0.4, 0.5) is 0 Å². The highest BCUT2D eigenvalue weighted by atomic mass is 16.2. The molecule has 3 nitrogen and oxygen atoms in total. The maximum Gasteiger partial charge on any atom is 0.237 e. The van der Waals surface area contributed by atoms with Gasteiger partial charge in [-0.2, -0.15) is 0 Å². The summed E-state index contributed by atoms with van der Waals surface area (Å²) in [7, 11) is 0. The molecule has 0 aromatic carbocycles. The Hall–Kier alpha value is -0.570. The number of hydrogen-bond donors (Lipinski definition) is 2. The smallest absolute Gasteiger partial charge is 0.237 e. The average Bonchev–Trinajstić information content (AvgIpc) is 2.43. The largest absolute Gasteiger partial charge is 0.351 e. The van der Waals surface area contributed by atoms with Gasteiger partial charge in [0.15, 0.2) is 0 Å². The highest BCUT2D eigenvalue weighted by molar-refractivity contribution is 5.82. The monoisotopic (exact) mass is 262 g/mol. The Balaban J connectivity index is 1.41. The average molecular weight is 262 g/mol. The summed E-state index contributed by atoms with van der Waals surface area (Å²) in [4.78, 5) is 12.4. The van der Waals surface area contributed by atoms with Gasteiger partial charge < -0.3 is 10.6 Å². The van der Waals surface area contributed by atoms with E-state index in [1.54, 1.807) is 0 Å². The van der Waals surface area contributed by atoms with Crippen molar-refractivity contribution in [3.8, 4) is 0 Å². The lowest BCUT2D eigenvalue weighted by atomic mass is 9.54. The molecule has 0 aromatic rings. The Morgan fingerprint density at radius 1 is 0.947 bits per heavy atom. The fourth-order valence-electron chi connectivity index (χ4n) is 5.50. The summed E-state index contributed by atoms with van der Waals surface area (Å²) in [5.41, 5.74) is 0. The minimum atomic E-state index is 0.0888. The van der Waals surface area contributed by atoms with Crippen LogP contribution in [0.3, 0.4) is 0 Å². The third-order valence-corrected chi connectivity index (χ3v) is 6.16. The Morgan fingerprint density at radius 2 is 1.63 bits per heavy atom. The van der Waals surface area contributed by atoms with Gasteiger partial charge in [-0.25, -0.2) is 0 Å². The third-order valence-electron chi connectivity index (χ3n) is 6.16. The molecule has 0 radical (unpaired) electrons. The molecule has 5 rings (SSSR count). The highest BCUT2D eigenvalue weighted by Gasteiger charge is 2.48. The van der Waals surface area contributed by atoms with Crippen molar-refractivity contribution in [1.29, 1.82) is 0 Å². The third kappa shape index (κ3) is 2.20. The minimum absolute atomic E-state index is 0.0888. The van der Waals surface area contributed by atoms with E-state index >= 15 is 0 Å². The first-order valence-electron chi connectivity index (χ1n) is 8.33. The van der Waals surface area contributed by atoms with E-state index in [-0.39, 0.29) is 11.9 Å². The second kappa shape index (κ2) is 4.76. The van der Waals surface area contributed by atoms with E-state index in [4.69, 9.17) is 0 Å². The molecule has 4 bridgehead atoms. The van der Waals surface area contributed by atoms with E-state index in [0.717, 1.165) is 36.6 Å². The molecule has 2 N–H and O–H groups in total. The fraction of sp³-hybridized carbons (Fsp3) is 0.938. The molecular formula is C16H26N2O. The Bertz CT molecular complexity index is 334. The van der Waals surface area contributed by atoms with Crippen molar-refractivity contribution in [2.45, 2.75) is 63.5 Å². The van der Waals surface area contributed by atoms with Crippen molar-refractivity contribution in [3.05, 3.63) is 0 Å². The predicted octanol–water partition coefficient (Wildman–Crippen LogP) is 2.07. The van der Waals surface area contributed by atoms with Gasteiger partial charge in [0.2, 0.25) is 5.91 Å². The van der Waals surface area contributed by atoms with Crippen LogP contribution in [0, 0.1) is 23.7 Å². The molecule has 1 atom stereocenters. The molecule has 5 fully saturated rings. The number of amides is 1. The number of piperidine rings is 1. The summed E-state index contributed by atoms with van der Waals surface area (Å²) in [5, 5.41) is 6.81. The molecular weight excluding hydrogens is 236 g/mol. The zero-order valence-electron chi connectivity index (χ0n) is 11.7. The van der Waals surface area contributed by atoms with Gasteiger partial charge in [0.05, 0.1) is 6.04 Å². The first kappa shape index (κ1) is 12.2. The number of carbonyl (C=O) groups excluding carboxylic acids is 1. The van der Waals surface area contributed by atoms with Crippen LogP contribution in [0.15, 0.2) is 0 Å². The topological polar surface area (TPSA) is 41.1 Å². The van der Waals surface area contributed by atoms with Gasteiger partial charge in [0.25, 0.3) is 0 Å². The fourth-order valence-corrected chi connectivity index (χ4v) is 5.50.